The third-order valence-electron chi connectivity index (χ3n) is 2.99. The maximum absolute atomic E-state index is 9.60. The molecular weight excluding hydrogens is 190 g/mol. The highest BCUT2D eigenvalue weighted by Gasteiger charge is 2.23. The molecule has 0 amide bonds. The molecular formula is C11H17N3O. The first-order chi connectivity index (χ1) is 7.27. The van der Waals surface area contributed by atoms with Gasteiger partial charge in [0, 0.05) is 25.1 Å². The van der Waals surface area contributed by atoms with Gasteiger partial charge in [0.15, 0.2) is 0 Å². The fourth-order valence-corrected chi connectivity index (χ4v) is 2.05. The molecule has 0 radical (unpaired) electrons. The van der Waals surface area contributed by atoms with Crippen LogP contribution in [-0.2, 0) is 0 Å². The van der Waals surface area contributed by atoms with Crippen LogP contribution >= 0.6 is 0 Å². The van der Waals surface area contributed by atoms with Gasteiger partial charge in [-0.25, -0.2) is 0 Å². The summed E-state index contributed by atoms with van der Waals surface area (Å²) in [6.45, 7) is 3.90. The minimum Gasteiger partial charge on any atom is -0.392 e. The number of aromatic nitrogens is 2. The Morgan fingerprint density at radius 1 is 1.53 bits per heavy atom. The Hall–Kier alpha value is -1.00. The van der Waals surface area contributed by atoms with Crippen molar-refractivity contribution in [2.24, 2.45) is 0 Å². The van der Waals surface area contributed by atoms with Gasteiger partial charge in [-0.1, -0.05) is 0 Å². The van der Waals surface area contributed by atoms with Crippen LogP contribution in [-0.4, -0.2) is 39.2 Å². The van der Waals surface area contributed by atoms with E-state index in [1.54, 1.807) is 18.6 Å². The highest BCUT2D eigenvalue weighted by atomic mass is 16.3. The van der Waals surface area contributed by atoms with Gasteiger partial charge in [0.1, 0.15) is 0 Å². The van der Waals surface area contributed by atoms with E-state index in [2.05, 4.69) is 21.8 Å². The lowest BCUT2D eigenvalue weighted by atomic mass is 10.1. The van der Waals surface area contributed by atoms with Crippen LogP contribution in [0.2, 0.25) is 0 Å². The van der Waals surface area contributed by atoms with Gasteiger partial charge >= 0.3 is 0 Å². The van der Waals surface area contributed by atoms with Crippen molar-refractivity contribution in [2.45, 2.75) is 31.9 Å². The van der Waals surface area contributed by atoms with Crippen LogP contribution in [0, 0.1) is 0 Å². The summed E-state index contributed by atoms with van der Waals surface area (Å²) < 4.78 is 0. The Bertz CT molecular complexity index is 304. The zero-order chi connectivity index (χ0) is 10.7. The molecule has 1 fully saturated rings. The number of piperidine rings is 1. The van der Waals surface area contributed by atoms with Crippen LogP contribution in [0.5, 0.6) is 0 Å². The van der Waals surface area contributed by atoms with Crippen LogP contribution < -0.4 is 0 Å². The van der Waals surface area contributed by atoms with E-state index in [0.717, 1.165) is 31.6 Å². The van der Waals surface area contributed by atoms with Gasteiger partial charge in [0.2, 0.25) is 0 Å². The Morgan fingerprint density at radius 3 is 3.07 bits per heavy atom. The van der Waals surface area contributed by atoms with E-state index in [1.165, 1.54) is 0 Å². The van der Waals surface area contributed by atoms with Crippen LogP contribution in [0.25, 0.3) is 0 Å². The number of aliphatic hydroxyl groups excluding tert-OH is 1. The first-order valence-electron chi connectivity index (χ1n) is 5.45. The molecule has 1 aliphatic rings. The number of nitrogens with zero attached hydrogens (tertiary/aromatic N) is 3. The molecule has 0 bridgehead atoms. The number of hydrogen-bond acceptors (Lipinski definition) is 4. The van der Waals surface area contributed by atoms with E-state index >= 15 is 0 Å². The second kappa shape index (κ2) is 4.68. The molecule has 4 nitrogen and oxygen atoms in total. The Balaban J connectivity index is 2.04. The van der Waals surface area contributed by atoms with Gasteiger partial charge in [-0.15, -0.1) is 0 Å². The summed E-state index contributed by atoms with van der Waals surface area (Å²) in [7, 11) is 0. The molecule has 2 atom stereocenters. The summed E-state index contributed by atoms with van der Waals surface area (Å²) in [6.07, 6.45) is 6.99. The summed E-state index contributed by atoms with van der Waals surface area (Å²) in [4.78, 5) is 10.6. The van der Waals surface area contributed by atoms with Gasteiger partial charge in [-0.3, -0.25) is 14.9 Å². The summed E-state index contributed by atoms with van der Waals surface area (Å²) in [5.74, 6) is 0. The van der Waals surface area contributed by atoms with Crippen molar-refractivity contribution in [3.05, 3.63) is 24.3 Å². The molecule has 1 aliphatic heterocycles. The van der Waals surface area contributed by atoms with Crippen LogP contribution in [0.3, 0.4) is 0 Å². The van der Waals surface area contributed by atoms with Crippen molar-refractivity contribution in [3.63, 3.8) is 0 Å². The number of rotatable bonds is 2. The topological polar surface area (TPSA) is 49.2 Å². The predicted octanol–water partition coefficient (Wildman–Crippen LogP) is 0.994. The third kappa shape index (κ3) is 2.52. The van der Waals surface area contributed by atoms with Crippen molar-refractivity contribution in [3.8, 4) is 0 Å². The Labute approximate surface area is 90.0 Å². The number of likely N-dealkylation sites (tertiary alicyclic amines) is 1. The van der Waals surface area contributed by atoms with E-state index < -0.39 is 0 Å². The number of aliphatic hydroxyl groups is 1. The molecule has 2 heterocycles. The first-order valence-corrected chi connectivity index (χ1v) is 5.45. The molecule has 0 saturated carbocycles. The maximum atomic E-state index is 9.60. The van der Waals surface area contributed by atoms with E-state index in [1.807, 2.05) is 0 Å². The average molecular weight is 207 g/mol. The molecule has 82 valence electrons. The van der Waals surface area contributed by atoms with Crippen molar-refractivity contribution in [1.82, 2.24) is 14.9 Å². The van der Waals surface area contributed by atoms with E-state index in [0.29, 0.717) is 0 Å². The van der Waals surface area contributed by atoms with Gasteiger partial charge < -0.3 is 5.11 Å². The molecule has 1 N–H and O–H groups in total. The SMILES string of the molecule is CC(c1cnccn1)N1CCCC(O)C1. The van der Waals surface area contributed by atoms with Gasteiger partial charge in [-0.05, 0) is 26.3 Å². The molecule has 15 heavy (non-hydrogen) atoms. The average Bonchev–Trinajstić information content (AvgIpc) is 2.29. The molecule has 2 rings (SSSR count). The minimum absolute atomic E-state index is 0.183. The van der Waals surface area contributed by atoms with Crippen molar-refractivity contribution in [1.29, 1.82) is 0 Å². The van der Waals surface area contributed by atoms with Crippen molar-refractivity contribution in [2.75, 3.05) is 13.1 Å². The standard InChI is InChI=1S/C11H17N3O/c1-9(11-7-12-4-5-13-11)14-6-2-3-10(15)8-14/h4-5,7,9-10,15H,2-3,6,8H2,1H3. The fourth-order valence-electron chi connectivity index (χ4n) is 2.05. The summed E-state index contributed by atoms with van der Waals surface area (Å²) in [6, 6.07) is 0.244. The first kappa shape index (κ1) is 10.5. The van der Waals surface area contributed by atoms with Gasteiger partial charge in [0.25, 0.3) is 0 Å². The normalized spacial score (nSPS) is 25.1. The molecule has 4 heteroatoms. The largest absolute Gasteiger partial charge is 0.392 e. The van der Waals surface area contributed by atoms with Crippen LogP contribution in [0.4, 0.5) is 0 Å². The van der Waals surface area contributed by atoms with Crippen molar-refractivity contribution >= 4 is 0 Å². The zero-order valence-corrected chi connectivity index (χ0v) is 9.00. The smallest absolute Gasteiger partial charge is 0.0755 e. The van der Waals surface area contributed by atoms with E-state index in [9.17, 15) is 5.11 Å². The van der Waals surface area contributed by atoms with E-state index in [4.69, 9.17) is 0 Å². The summed E-state index contributed by atoms with van der Waals surface area (Å²) in [5.41, 5.74) is 0.978. The second-order valence-electron chi connectivity index (χ2n) is 4.10. The quantitative estimate of drug-likeness (QED) is 0.786. The lowest BCUT2D eigenvalue weighted by molar-refractivity contribution is 0.0493. The number of hydrogen-bond donors (Lipinski definition) is 1. The molecule has 2 unspecified atom stereocenters. The monoisotopic (exact) mass is 207 g/mol. The summed E-state index contributed by atoms with van der Waals surface area (Å²) in [5, 5.41) is 9.60. The highest BCUT2D eigenvalue weighted by molar-refractivity contribution is 5.01. The maximum Gasteiger partial charge on any atom is 0.0755 e. The van der Waals surface area contributed by atoms with E-state index in [-0.39, 0.29) is 12.1 Å². The lowest BCUT2D eigenvalue weighted by Gasteiger charge is -2.34. The molecule has 0 spiro atoms. The molecule has 1 aromatic rings. The van der Waals surface area contributed by atoms with Crippen LogP contribution in [0.15, 0.2) is 18.6 Å². The van der Waals surface area contributed by atoms with Gasteiger partial charge in [0.05, 0.1) is 17.8 Å². The Morgan fingerprint density at radius 2 is 2.40 bits per heavy atom. The second-order valence-corrected chi connectivity index (χ2v) is 4.10. The molecule has 1 saturated heterocycles. The van der Waals surface area contributed by atoms with Crippen molar-refractivity contribution < 1.29 is 5.11 Å². The van der Waals surface area contributed by atoms with Gasteiger partial charge in [-0.2, -0.15) is 0 Å². The fraction of sp³-hybridized carbons (Fsp3) is 0.636. The predicted molar refractivity (Wildman–Crippen MR) is 57.3 cm³/mol. The zero-order valence-electron chi connectivity index (χ0n) is 9.00. The summed E-state index contributed by atoms with van der Waals surface area (Å²) >= 11 is 0. The molecule has 0 aromatic carbocycles. The molecule has 1 aromatic heterocycles. The Kier molecular flexibility index (Phi) is 3.28. The van der Waals surface area contributed by atoms with Crippen LogP contribution in [0.1, 0.15) is 31.5 Å². The lowest BCUT2D eigenvalue weighted by Crippen LogP contribution is -2.39. The highest BCUT2D eigenvalue weighted by Crippen LogP contribution is 2.21. The molecule has 0 aliphatic carbocycles. The number of β-amino-alcohol motifs (C(OH)–C–C–N with tert-alkyl or cyclic N) is 1. The third-order valence-corrected chi connectivity index (χ3v) is 2.99. The minimum atomic E-state index is -0.183.